The number of nitrogens with two attached hydrogens (primary N) is 1. The standard InChI is InChI=1S/C15H20ClN3O2/c1-15(14(17)18-21)6-8-19(9-7-15)13(20)10-11-2-4-12(16)5-3-11/h2-5,21H,6-10H2,1H3,(H2,17,18). The normalized spacial score (nSPS) is 18.6. The van der Waals surface area contributed by atoms with Gasteiger partial charge in [-0.2, -0.15) is 0 Å². The van der Waals surface area contributed by atoms with Gasteiger partial charge in [0.2, 0.25) is 5.91 Å². The van der Waals surface area contributed by atoms with Gasteiger partial charge >= 0.3 is 0 Å². The van der Waals surface area contributed by atoms with E-state index in [1.54, 1.807) is 12.1 Å². The van der Waals surface area contributed by atoms with Crippen LogP contribution in [-0.2, 0) is 11.2 Å². The number of amidine groups is 1. The molecule has 1 aromatic rings. The topological polar surface area (TPSA) is 78.9 Å². The van der Waals surface area contributed by atoms with Crippen molar-refractivity contribution in [1.29, 1.82) is 0 Å². The van der Waals surface area contributed by atoms with Crippen LogP contribution in [0.3, 0.4) is 0 Å². The molecule has 1 aliphatic rings. The second-order valence-corrected chi connectivity index (χ2v) is 6.17. The van der Waals surface area contributed by atoms with Crippen LogP contribution in [0.2, 0.25) is 5.02 Å². The molecule has 2 rings (SSSR count). The molecule has 0 radical (unpaired) electrons. The zero-order valence-corrected chi connectivity index (χ0v) is 12.8. The summed E-state index contributed by atoms with van der Waals surface area (Å²) in [5.74, 6) is 0.339. The predicted octanol–water partition coefficient (Wildman–Crippen LogP) is 2.26. The molecule has 3 N–H and O–H groups in total. The van der Waals surface area contributed by atoms with Crippen LogP contribution in [0.1, 0.15) is 25.3 Å². The highest BCUT2D eigenvalue weighted by molar-refractivity contribution is 6.30. The fourth-order valence-electron chi connectivity index (χ4n) is 2.52. The van der Waals surface area contributed by atoms with E-state index in [-0.39, 0.29) is 17.2 Å². The summed E-state index contributed by atoms with van der Waals surface area (Å²) in [6.07, 6.45) is 1.78. The molecule has 1 aromatic carbocycles. The average molecular weight is 310 g/mol. The monoisotopic (exact) mass is 309 g/mol. The number of hydrogen-bond donors (Lipinski definition) is 2. The Labute approximate surface area is 129 Å². The molecule has 0 saturated carbocycles. The van der Waals surface area contributed by atoms with E-state index >= 15 is 0 Å². The number of piperidine rings is 1. The van der Waals surface area contributed by atoms with E-state index in [0.29, 0.717) is 37.4 Å². The fourth-order valence-corrected chi connectivity index (χ4v) is 2.64. The zero-order chi connectivity index (χ0) is 15.5. The highest BCUT2D eigenvalue weighted by atomic mass is 35.5. The third kappa shape index (κ3) is 3.67. The Bertz CT molecular complexity index is 534. The van der Waals surface area contributed by atoms with Gasteiger partial charge in [0.15, 0.2) is 0 Å². The average Bonchev–Trinajstić information content (AvgIpc) is 2.49. The lowest BCUT2D eigenvalue weighted by atomic mass is 9.79. The second-order valence-electron chi connectivity index (χ2n) is 5.73. The molecule has 5 nitrogen and oxygen atoms in total. The Balaban J connectivity index is 1.93. The van der Waals surface area contributed by atoms with E-state index in [9.17, 15) is 4.79 Å². The minimum atomic E-state index is -0.328. The maximum Gasteiger partial charge on any atom is 0.226 e. The minimum absolute atomic E-state index is 0.0962. The molecule has 1 heterocycles. The lowest BCUT2D eigenvalue weighted by Gasteiger charge is -2.38. The van der Waals surface area contributed by atoms with E-state index < -0.39 is 0 Å². The van der Waals surface area contributed by atoms with Crippen molar-refractivity contribution in [1.82, 2.24) is 4.90 Å². The second kappa shape index (κ2) is 6.35. The van der Waals surface area contributed by atoms with Crippen molar-refractivity contribution in [2.45, 2.75) is 26.2 Å². The Morgan fingerprint density at radius 3 is 2.48 bits per heavy atom. The van der Waals surface area contributed by atoms with Crippen LogP contribution in [0.5, 0.6) is 0 Å². The van der Waals surface area contributed by atoms with Gasteiger partial charge in [-0.25, -0.2) is 0 Å². The maximum atomic E-state index is 12.3. The molecule has 1 saturated heterocycles. The number of likely N-dealkylation sites (tertiary alicyclic amines) is 1. The van der Waals surface area contributed by atoms with E-state index in [0.717, 1.165) is 5.56 Å². The van der Waals surface area contributed by atoms with Gasteiger partial charge in [-0.15, -0.1) is 0 Å². The number of carbonyl (C=O) groups excluding carboxylic acids is 1. The van der Waals surface area contributed by atoms with Gasteiger partial charge in [0.1, 0.15) is 5.84 Å². The van der Waals surface area contributed by atoms with Gasteiger partial charge in [0.25, 0.3) is 0 Å². The summed E-state index contributed by atoms with van der Waals surface area (Å²) in [4.78, 5) is 14.1. The van der Waals surface area contributed by atoms with Crippen LogP contribution in [0.25, 0.3) is 0 Å². The Morgan fingerprint density at radius 1 is 1.38 bits per heavy atom. The SMILES string of the molecule is CC1(/C(N)=N/O)CCN(C(=O)Cc2ccc(Cl)cc2)CC1. The largest absolute Gasteiger partial charge is 0.409 e. The molecule has 1 fully saturated rings. The lowest BCUT2D eigenvalue weighted by Crippen LogP contribution is -2.47. The molecular weight excluding hydrogens is 290 g/mol. The van der Waals surface area contributed by atoms with Crippen LogP contribution < -0.4 is 5.73 Å². The summed E-state index contributed by atoms with van der Waals surface area (Å²) in [6.45, 7) is 3.21. The molecule has 0 bridgehead atoms. The van der Waals surface area contributed by atoms with E-state index in [2.05, 4.69) is 5.16 Å². The fraction of sp³-hybridized carbons (Fsp3) is 0.467. The number of amides is 1. The Hall–Kier alpha value is -1.75. The summed E-state index contributed by atoms with van der Waals surface area (Å²) in [5, 5.41) is 12.6. The smallest absolute Gasteiger partial charge is 0.226 e. The number of nitrogens with zero attached hydrogens (tertiary/aromatic N) is 2. The Morgan fingerprint density at radius 2 is 1.95 bits per heavy atom. The van der Waals surface area contributed by atoms with Crippen molar-refractivity contribution in [3.8, 4) is 0 Å². The summed E-state index contributed by atoms with van der Waals surface area (Å²) in [6, 6.07) is 7.31. The van der Waals surface area contributed by atoms with Gasteiger partial charge in [-0.1, -0.05) is 35.8 Å². The number of oxime groups is 1. The van der Waals surface area contributed by atoms with Gasteiger partial charge in [0.05, 0.1) is 6.42 Å². The zero-order valence-electron chi connectivity index (χ0n) is 12.1. The molecule has 0 aliphatic carbocycles. The first-order valence-corrected chi connectivity index (χ1v) is 7.32. The highest BCUT2D eigenvalue weighted by Crippen LogP contribution is 2.31. The van der Waals surface area contributed by atoms with Gasteiger partial charge < -0.3 is 15.8 Å². The predicted molar refractivity (Wildman–Crippen MR) is 82.5 cm³/mol. The molecule has 21 heavy (non-hydrogen) atoms. The van der Waals surface area contributed by atoms with Crippen molar-refractivity contribution >= 4 is 23.3 Å². The highest BCUT2D eigenvalue weighted by Gasteiger charge is 2.35. The van der Waals surface area contributed by atoms with Crippen molar-refractivity contribution in [3.05, 3.63) is 34.9 Å². The first-order valence-electron chi connectivity index (χ1n) is 6.95. The Kier molecular flexibility index (Phi) is 4.73. The molecule has 6 heteroatoms. The molecule has 0 atom stereocenters. The third-order valence-corrected chi connectivity index (χ3v) is 4.47. The lowest BCUT2D eigenvalue weighted by molar-refractivity contribution is -0.132. The van der Waals surface area contributed by atoms with Crippen molar-refractivity contribution in [2.75, 3.05) is 13.1 Å². The number of hydrogen-bond acceptors (Lipinski definition) is 3. The van der Waals surface area contributed by atoms with Crippen molar-refractivity contribution in [2.24, 2.45) is 16.3 Å². The summed E-state index contributed by atoms with van der Waals surface area (Å²) < 4.78 is 0. The number of benzene rings is 1. The molecule has 1 amide bonds. The number of rotatable bonds is 3. The van der Waals surface area contributed by atoms with Gasteiger partial charge in [0, 0.05) is 23.5 Å². The number of halogens is 1. The van der Waals surface area contributed by atoms with Crippen LogP contribution in [0.15, 0.2) is 29.4 Å². The van der Waals surface area contributed by atoms with Gasteiger partial charge in [-0.05, 0) is 30.5 Å². The first kappa shape index (κ1) is 15.6. The maximum absolute atomic E-state index is 12.3. The first-order chi connectivity index (χ1) is 9.94. The molecule has 0 aromatic heterocycles. The number of carbonyl (C=O) groups is 1. The quantitative estimate of drug-likeness (QED) is 0.389. The molecule has 0 spiro atoms. The van der Waals surface area contributed by atoms with Crippen LogP contribution in [0.4, 0.5) is 0 Å². The third-order valence-electron chi connectivity index (χ3n) is 4.21. The van der Waals surface area contributed by atoms with Crippen molar-refractivity contribution < 1.29 is 10.0 Å². The van der Waals surface area contributed by atoms with Gasteiger partial charge in [-0.3, -0.25) is 4.79 Å². The van der Waals surface area contributed by atoms with E-state index in [1.807, 2.05) is 24.0 Å². The van der Waals surface area contributed by atoms with Crippen LogP contribution in [-0.4, -0.2) is 34.9 Å². The van der Waals surface area contributed by atoms with Crippen molar-refractivity contribution in [3.63, 3.8) is 0 Å². The summed E-state index contributed by atoms with van der Waals surface area (Å²) >= 11 is 5.83. The summed E-state index contributed by atoms with van der Waals surface area (Å²) in [7, 11) is 0. The molecule has 114 valence electrons. The molecule has 0 unspecified atom stereocenters. The molecule has 1 aliphatic heterocycles. The van der Waals surface area contributed by atoms with Crippen LogP contribution >= 0.6 is 11.6 Å². The summed E-state index contributed by atoms with van der Waals surface area (Å²) in [5.41, 5.74) is 6.35. The van der Waals surface area contributed by atoms with Crippen LogP contribution in [0, 0.1) is 5.41 Å². The van der Waals surface area contributed by atoms with E-state index in [1.165, 1.54) is 0 Å². The minimum Gasteiger partial charge on any atom is -0.409 e. The van der Waals surface area contributed by atoms with E-state index in [4.69, 9.17) is 22.5 Å². The molecular formula is C15H20ClN3O2.